The molecule has 1 saturated heterocycles. The average Bonchev–Trinajstić information content (AvgIpc) is 3.32. The topological polar surface area (TPSA) is 27.1 Å². The number of benzene rings is 1. The van der Waals surface area contributed by atoms with Crippen LogP contribution in [0.4, 0.5) is 0 Å². The van der Waals surface area contributed by atoms with Gasteiger partial charge in [0.1, 0.15) is 0 Å². The van der Waals surface area contributed by atoms with E-state index in [9.17, 15) is 0 Å². The fourth-order valence-electron chi connectivity index (χ4n) is 2.96. The summed E-state index contributed by atoms with van der Waals surface area (Å²) in [6, 6.07) is 8.45. The Labute approximate surface area is 137 Å². The molecule has 1 aliphatic heterocycles. The molecule has 4 rings (SSSR count). The van der Waals surface area contributed by atoms with Gasteiger partial charge in [-0.25, -0.2) is 0 Å². The van der Waals surface area contributed by atoms with Crippen molar-refractivity contribution in [3.05, 3.63) is 42.2 Å². The molecule has 1 saturated carbocycles. The maximum absolute atomic E-state index is 5.80. The minimum atomic E-state index is 0.312. The highest BCUT2D eigenvalue weighted by Crippen LogP contribution is 2.28. The van der Waals surface area contributed by atoms with E-state index in [1.807, 2.05) is 10.9 Å². The molecule has 1 atom stereocenters. The summed E-state index contributed by atoms with van der Waals surface area (Å²) in [5, 5.41) is 4.50. The summed E-state index contributed by atoms with van der Waals surface area (Å²) in [6.45, 7) is 1.74. The van der Waals surface area contributed by atoms with E-state index in [1.54, 1.807) is 0 Å². The lowest BCUT2D eigenvalue weighted by Gasteiger charge is -2.22. The maximum Gasteiger partial charge on any atom is 0.0770 e. The Hall–Kier alpha value is -2.05. The standard InChI is InChI=1S/C20H22N2O/c1-2-11-23-20(6-1)15-22-14-19(13-21-22)18-5-3-4-17(12-18)10-9-16-7-8-16/h3-5,12-14,16,20H,1-2,6-8,11,15H2/t20-/m1/s1. The van der Waals surface area contributed by atoms with Crippen molar-refractivity contribution in [3.63, 3.8) is 0 Å². The SMILES string of the molecule is C(#CC1CC1)c1cccc(-c2cnn(C[C@H]3CCCCO3)c2)c1. The molecule has 3 nitrogen and oxygen atoms in total. The maximum atomic E-state index is 5.80. The van der Waals surface area contributed by atoms with E-state index >= 15 is 0 Å². The van der Waals surface area contributed by atoms with Crippen molar-refractivity contribution in [3.8, 4) is 23.0 Å². The van der Waals surface area contributed by atoms with E-state index in [1.165, 1.54) is 31.2 Å². The summed E-state index contributed by atoms with van der Waals surface area (Å²) in [4.78, 5) is 0. The van der Waals surface area contributed by atoms with Crippen molar-refractivity contribution in [2.24, 2.45) is 5.92 Å². The van der Waals surface area contributed by atoms with E-state index in [0.29, 0.717) is 12.0 Å². The Morgan fingerprint density at radius 3 is 2.96 bits per heavy atom. The van der Waals surface area contributed by atoms with Gasteiger partial charge in [-0.1, -0.05) is 24.0 Å². The second kappa shape index (κ2) is 6.60. The van der Waals surface area contributed by atoms with Gasteiger partial charge in [0.15, 0.2) is 0 Å². The summed E-state index contributed by atoms with van der Waals surface area (Å²) in [5.74, 6) is 7.25. The van der Waals surface area contributed by atoms with Crippen molar-refractivity contribution in [2.75, 3.05) is 6.61 Å². The Kier molecular flexibility index (Phi) is 4.17. The van der Waals surface area contributed by atoms with E-state index in [-0.39, 0.29) is 0 Å². The zero-order chi connectivity index (χ0) is 15.5. The third-order valence-electron chi connectivity index (χ3n) is 4.49. The summed E-state index contributed by atoms with van der Waals surface area (Å²) in [6.07, 6.45) is 10.5. The van der Waals surface area contributed by atoms with Gasteiger partial charge in [-0.15, -0.1) is 0 Å². The molecule has 3 heteroatoms. The molecule has 2 fully saturated rings. The van der Waals surface area contributed by atoms with Gasteiger partial charge in [0.05, 0.1) is 18.8 Å². The van der Waals surface area contributed by atoms with Crippen LogP contribution in [-0.2, 0) is 11.3 Å². The predicted molar refractivity (Wildman–Crippen MR) is 90.9 cm³/mol. The normalized spacial score (nSPS) is 20.8. The number of rotatable bonds is 3. The second-order valence-electron chi connectivity index (χ2n) is 6.56. The van der Waals surface area contributed by atoms with E-state index in [2.05, 4.69) is 47.4 Å². The van der Waals surface area contributed by atoms with Gasteiger partial charge >= 0.3 is 0 Å². The number of ether oxygens (including phenoxy) is 1. The van der Waals surface area contributed by atoms with Gasteiger partial charge in [-0.05, 0) is 49.8 Å². The lowest BCUT2D eigenvalue weighted by atomic mass is 10.1. The summed E-state index contributed by atoms with van der Waals surface area (Å²) in [5.41, 5.74) is 3.43. The van der Waals surface area contributed by atoms with Crippen LogP contribution in [-0.4, -0.2) is 22.5 Å². The van der Waals surface area contributed by atoms with Crippen molar-refractivity contribution < 1.29 is 4.74 Å². The third-order valence-corrected chi connectivity index (χ3v) is 4.49. The van der Waals surface area contributed by atoms with Crippen molar-refractivity contribution >= 4 is 0 Å². The molecule has 1 aromatic heterocycles. The Balaban J connectivity index is 1.47. The lowest BCUT2D eigenvalue weighted by Crippen LogP contribution is -2.24. The molecule has 1 aromatic carbocycles. The molecule has 2 aromatic rings. The number of hydrogen-bond acceptors (Lipinski definition) is 2. The average molecular weight is 306 g/mol. The van der Waals surface area contributed by atoms with Crippen LogP contribution >= 0.6 is 0 Å². The highest BCUT2D eigenvalue weighted by molar-refractivity contribution is 5.64. The van der Waals surface area contributed by atoms with Gasteiger partial charge in [0, 0.05) is 29.8 Å². The minimum absolute atomic E-state index is 0.312. The molecule has 0 amide bonds. The monoisotopic (exact) mass is 306 g/mol. The van der Waals surface area contributed by atoms with Crippen LogP contribution in [0.2, 0.25) is 0 Å². The van der Waals surface area contributed by atoms with Gasteiger partial charge in [0.2, 0.25) is 0 Å². The van der Waals surface area contributed by atoms with Crippen LogP contribution in [0.15, 0.2) is 36.7 Å². The van der Waals surface area contributed by atoms with E-state index in [0.717, 1.165) is 30.7 Å². The zero-order valence-electron chi connectivity index (χ0n) is 13.4. The molecular formula is C20H22N2O. The first-order valence-corrected chi connectivity index (χ1v) is 8.63. The van der Waals surface area contributed by atoms with Crippen LogP contribution < -0.4 is 0 Å². The number of hydrogen-bond donors (Lipinski definition) is 0. The van der Waals surface area contributed by atoms with Crippen LogP contribution in [0.1, 0.15) is 37.7 Å². The number of nitrogens with zero attached hydrogens (tertiary/aromatic N) is 2. The molecule has 0 N–H and O–H groups in total. The van der Waals surface area contributed by atoms with E-state index in [4.69, 9.17) is 4.74 Å². The van der Waals surface area contributed by atoms with Crippen LogP contribution in [0.3, 0.4) is 0 Å². The van der Waals surface area contributed by atoms with Crippen molar-refractivity contribution in [1.29, 1.82) is 0 Å². The quantitative estimate of drug-likeness (QED) is 0.805. The van der Waals surface area contributed by atoms with Gasteiger partial charge in [-0.3, -0.25) is 4.68 Å². The van der Waals surface area contributed by atoms with Crippen LogP contribution in [0.5, 0.6) is 0 Å². The molecule has 118 valence electrons. The molecule has 2 aliphatic rings. The van der Waals surface area contributed by atoms with Gasteiger partial charge in [0.25, 0.3) is 0 Å². The molecule has 2 heterocycles. The third kappa shape index (κ3) is 3.83. The molecule has 0 spiro atoms. The Bertz CT molecular complexity index is 727. The van der Waals surface area contributed by atoms with E-state index < -0.39 is 0 Å². The first-order chi connectivity index (χ1) is 11.4. The first kappa shape index (κ1) is 14.5. The summed E-state index contributed by atoms with van der Waals surface area (Å²) < 4.78 is 7.80. The van der Waals surface area contributed by atoms with Crippen LogP contribution in [0, 0.1) is 17.8 Å². The lowest BCUT2D eigenvalue weighted by molar-refractivity contribution is 0.00400. The predicted octanol–water partition coefficient (Wildman–Crippen LogP) is 3.88. The van der Waals surface area contributed by atoms with Crippen molar-refractivity contribution in [1.82, 2.24) is 9.78 Å². The first-order valence-electron chi connectivity index (χ1n) is 8.63. The van der Waals surface area contributed by atoms with Crippen molar-refractivity contribution in [2.45, 2.75) is 44.8 Å². The molecule has 0 radical (unpaired) electrons. The van der Waals surface area contributed by atoms with Crippen LogP contribution in [0.25, 0.3) is 11.1 Å². The molecule has 23 heavy (non-hydrogen) atoms. The fourth-order valence-corrected chi connectivity index (χ4v) is 2.96. The smallest absolute Gasteiger partial charge is 0.0770 e. The molecule has 0 unspecified atom stereocenters. The Morgan fingerprint density at radius 2 is 2.13 bits per heavy atom. The van der Waals surface area contributed by atoms with Gasteiger partial charge in [-0.2, -0.15) is 5.10 Å². The highest BCUT2D eigenvalue weighted by atomic mass is 16.5. The summed E-state index contributed by atoms with van der Waals surface area (Å²) in [7, 11) is 0. The highest BCUT2D eigenvalue weighted by Gasteiger charge is 2.18. The molecule has 0 bridgehead atoms. The molecule has 1 aliphatic carbocycles. The Morgan fingerprint density at radius 1 is 1.17 bits per heavy atom. The zero-order valence-corrected chi connectivity index (χ0v) is 13.4. The minimum Gasteiger partial charge on any atom is -0.376 e. The van der Waals surface area contributed by atoms with Gasteiger partial charge < -0.3 is 4.74 Å². The molecular weight excluding hydrogens is 284 g/mol. The second-order valence-corrected chi connectivity index (χ2v) is 6.56. The largest absolute Gasteiger partial charge is 0.376 e. The number of aromatic nitrogens is 2. The fraction of sp³-hybridized carbons (Fsp3) is 0.450. The summed E-state index contributed by atoms with van der Waals surface area (Å²) >= 11 is 0.